The zero-order chi connectivity index (χ0) is 10.1. The first kappa shape index (κ1) is 12.6. The third-order valence-corrected chi connectivity index (χ3v) is 3.87. The van der Waals surface area contributed by atoms with E-state index in [1.807, 2.05) is 0 Å². The van der Waals surface area contributed by atoms with E-state index in [2.05, 4.69) is 5.32 Å². The molecule has 0 amide bonds. The molecule has 3 rings (SSSR count). The number of hydrogen-bond donors (Lipinski definition) is 1. The Labute approximate surface area is 104 Å². The van der Waals surface area contributed by atoms with Gasteiger partial charge in [-0.25, -0.2) is 0 Å². The Bertz CT molecular complexity index is 227. The predicted octanol–water partition coefficient (Wildman–Crippen LogP) is 1.75. The second-order valence-corrected chi connectivity index (χ2v) is 5.38. The van der Waals surface area contributed by atoms with Gasteiger partial charge in [0.1, 0.15) is 0 Å². The van der Waals surface area contributed by atoms with Crippen LogP contribution in [0.2, 0.25) is 0 Å². The molecule has 2 heterocycles. The summed E-state index contributed by atoms with van der Waals surface area (Å²) in [6.07, 6.45) is 6.68. The molecular weight excluding hydrogens is 226 g/mol. The highest BCUT2D eigenvalue weighted by Gasteiger charge is 2.42. The van der Waals surface area contributed by atoms with Crippen molar-refractivity contribution >= 4 is 12.4 Å². The Balaban J connectivity index is 0.000000963. The van der Waals surface area contributed by atoms with Gasteiger partial charge in [-0.2, -0.15) is 0 Å². The second kappa shape index (κ2) is 5.21. The molecule has 0 radical (unpaired) electrons. The van der Waals surface area contributed by atoms with E-state index < -0.39 is 0 Å². The van der Waals surface area contributed by atoms with Gasteiger partial charge in [-0.1, -0.05) is 0 Å². The van der Waals surface area contributed by atoms with Gasteiger partial charge in [-0.05, 0) is 38.1 Å². The molecule has 2 atom stereocenters. The molecule has 0 aromatic rings. The molecule has 1 N–H and O–H groups in total. The fourth-order valence-corrected chi connectivity index (χ4v) is 2.70. The van der Waals surface area contributed by atoms with Crippen LogP contribution in [0.1, 0.15) is 32.1 Å². The molecule has 1 aliphatic carbocycles. The van der Waals surface area contributed by atoms with Crippen molar-refractivity contribution in [1.29, 1.82) is 0 Å². The molecule has 0 unspecified atom stereocenters. The Morgan fingerprint density at radius 2 is 2.25 bits per heavy atom. The maximum absolute atomic E-state index is 5.96. The molecule has 1 spiro atoms. The van der Waals surface area contributed by atoms with Crippen LogP contribution in [0.5, 0.6) is 0 Å². The molecule has 16 heavy (non-hydrogen) atoms. The van der Waals surface area contributed by atoms with E-state index >= 15 is 0 Å². The summed E-state index contributed by atoms with van der Waals surface area (Å²) < 4.78 is 11.9. The van der Waals surface area contributed by atoms with E-state index in [-0.39, 0.29) is 18.0 Å². The minimum atomic E-state index is 0. The first-order chi connectivity index (χ1) is 7.36. The number of rotatable bonds is 3. The third kappa shape index (κ3) is 2.89. The van der Waals surface area contributed by atoms with Crippen molar-refractivity contribution in [2.75, 3.05) is 26.3 Å². The number of piperidine rings is 1. The van der Waals surface area contributed by atoms with Gasteiger partial charge < -0.3 is 14.8 Å². The average Bonchev–Trinajstić information content (AvgIpc) is 3.02. The van der Waals surface area contributed by atoms with E-state index in [9.17, 15) is 0 Å². The van der Waals surface area contributed by atoms with Crippen LogP contribution in [-0.2, 0) is 9.47 Å². The summed E-state index contributed by atoms with van der Waals surface area (Å²) in [7, 11) is 0. The van der Waals surface area contributed by atoms with E-state index in [0.29, 0.717) is 6.10 Å². The minimum absolute atomic E-state index is 0. The summed E-state index contributed by atoms with van der Waals surface area (Å²) in [5, 5.41) is 3.43. The summed E-state index contributed by atoms with van der Waals surface area (Å²) in [5.41, 5.74) is 0.118. The Hall–Kier alpha value is 0.170. The van der Waals surface area contributed by atoms with Crippen molar-refractivity contribution < 1.29 is 9.47 Å². The molecule has 0 aromatic heterocycles. The molecule has 2 saturated heterocycles. The molecule has 2 aliphatic heterocycles. The number of halogens is 1. The maximum atomic E-state index is 5.96. The lowest BCUT2D eigenvalue weighted by molar-refractivity contribution is -0.0190. The van der Waals surface area contributed by atoms with Crippen LogP contribution in [0.15, 0.2) is 0 Å². The van der Waals surface area contributed by atoms with Crippen LogP contribution >= 0.6 is 12.4 Å². The molecule has 3 aliphatic rings. The zero-order valence-corrected chi connectivity index (χ0v) is 10.6. The maximum Gasteiger partial charge on any atom is 0.0836 e. The van der Waals surface area contributed by atoms with Gasteiger partial charge in [0.05, 0.1) is 18.3 Å². The van der Waals surface area contributed by atoms with Crippen LogP contribution < -0.4 is 5.32 Å². The highest BCUT2D eigenvalue weighted by atomic mass is 35.5. The highest BCUT2D eigenvalue weighted by molar-refractivity contribution is 5.85. The number of nitrogens with one attached hydrogen (secondary N) is 1. The lowest BCUT2D eigenvalue weighted by atomic mass is 9.90. The van der Waals surface area contributed by atoms with Crippen LogP contribution in [0.3, 0.4) is 0 Å². The highest BCUT2D eigenvalue weighted by Crippen LogP contribution is 2.35. The van der Waals surface area contributed by atoms with Crippen molar-refractivity contribution in [2.45, 2.75) is 43.8 Å². The summed E-state index contributed by atoms with van der Waals surface area (Å²) in [6.45, 7) is 3.96. The minimum Gasteiger partial charge on any atom is -0.375 e. The summed E-state index contributed by atoms with van der Waals surface area (Å²) >= 11 is 0. The third-order valence-electron chi connectivity index (χ3n) is 3.87. The quantitative estimate of drug-likeness (QED) is 0.824. The normalized spacial score (nSPS) is 38.6. The lowest BCUT2D eigenvalue weighted by Gasteiger charge is -2.32. The number of ether oxygens (including phenoxy) is 2. The molecule has 3 fully saturated rings. The van der Waals surface area contributed by atoms with Gasteiger partial charge in [-0.15, -0.1) is 12.4 Å². The largest absolute Gasteiger partial charge is 0.375 e. The van der Waals surface area contributed by atoms with Gasteiger partial charge in [0.15, 0.2) is 0 Å². The van der Waals surface area contributed by atoms with Crippen molar-refractivity contribution in [3.8, 4) is 0 Å². The topological polar surface area (TPSA) is 30.5 Å². The van der Waals surface area contributed by atoms with Gasteiger partial charge >= 0.3 is 0 Å². The zero-order valence-electron chi connectivity index (χ0n) is 9.74. The molecule has 3 nitrogen and oxygen atoms in total. The van der Waals surface area contributed by atoms with Gasteiger partial charge in [0, 0.05) is 19.6 Å². The number of hydrogen-bond acceptors (Lipinski definition) is 3. The molecule has 0 aromatic carbocycles. The Morgan fingerprint density at radius 1 is 1.38 bits per heavy atom. The van der Waals surface area contributed by atoms with Crippen LogP contribution in [0, 0.1) is 5.92 Å². The van der Waals surface area contributed by atoms with Crippen LogP contribution in [0.4, 0.5) is 0 Å². The molecule has 1 saturated carbocycles. The van der Waals surface area contributed by atoms with E-state index in [1.165, 1.54) is 25.7 Å². The van der Waals surface area contributed by atoms with Crippen LogP contribution in [-0.4, -0.2) is 38.0 Å². The molecular formula is C12H22ClNO2. The van der Waals surface area contributed by atoms with Crippen molar-refractivity contribution in [1.82, 2.24) is 5.32 Å². The Kier molecular flexibility index (Phi) is 4.11. The second-order valence-electron chi connectivity index (χ2n) is 5.38. The standard InChI is InChI=1S/C12H21NO2.ClH/c1-4-12(9-13-5-1)6-11(8-15-12)14-7-10-2-3-10;/h10-11,13H,1-9H2;1H/t11-,12+;/m0./s1. The van der Waals surface area contributed by atoms with Crippen LogP contribution in [0.25, 0.3) is 0 Å². The average molecular weight is 248 g/mol. The van der Waals surface area contributed by atoms with Gasteiger partial charge in [0.25, 0.3) is 0 Å². The first-order valence-corrected chi connectivity index (χ1v) is 6.33. The first-order valence-electron chi connectivity index (χ1n) is 6.33. The smallest absolute Gasteiger partial charge is 0.0836 e. The molecule has 94 valence electrons. The van der Waals surface area contributed by atoms with Crippen molar-refractivity contribution in [3.05, 3.63) is 0 Å². The van der Waals surface area contributed by atoms with Crippen molar-refractivity contribution in [3.63, 3.8) is 0 Å². The summed E-state index contributed by atoms with van der Waals surface area (Å²) in [6, 6.07) is 0. The van der Waals surface area contributed by atoms with Gasteiger partial charge in [-0.3, -0.25) is 0 Å². The van der Waals surface area contributed by atoms with Gasteiger partial charge in [0.2, 0.25) is 0 Å². The fourth-order valence-electron chi connectivity index (χ4n) is 2.70. The van der Waals surface area contributed by atoms with Crippen molar-refractivity contribution in [2.24, 2.45) is 5.92 Å². The van der Waals surface area contributed by atoms with E-state index in [0.717, 1.165) is 38.6 Å². The summed E-state index contributed by atoms with van der Waals surface area (Å²) in [5.74, 6) is 0.867. The van der Waals surface area contributed by atoms with E-state index in [4.69, 9.17) is 9.47 Å². The lowest BCUT2D eigenvalue weighted by Crippen LogP contribution is -2.45. The molecule has 4 heteroatoms. The SMILES string of the molecule is C1CNC[C@@]2(C1)C[C@H](OCC1CC1)CO2.Cl. The Morgan fingerprint density at radius 3 is 2.94 bits per heavy atom. The predicted molar refractivity (Wildman–Crippen MR) is 65.1 cm³/mol. The monoisotopic (exact) mass is 247 g/mol. The summed E-state index contributed by atoms with van der Waals surface area (Å²) in [4.78, 5) is 0. The molecule has 0 bridgehead atoms. The fraction of sp³-hybridized carbons (Fsp3) is 1.00. The van der Waals surface area contributed by atoms with E-state index in [1.54, 1.807) is 0 Å².